The number of piperidine rings is 1. The van der Waals surface area contributed by atoms with Crippen LogP contribution in [0.25, 0.3) is 0 Å². The van der Waals surface area contributed by atoms with E-state index in [1.165, 1.54) is 18.1 Å². The van der Waals surface area contributed by atoms with Crippen LogP contribution in [0.3, 0.4) is 0 Å². The van der Waals surface area contributed by atoms with Crippen molar-refractivity contribution in [3.05, 3.63) is 28.8 Å². The highest BCUT2D eigenvalue weighted by Gasteiger charge is 2.41. The van der Waals surface area contributed by atoms with Crippen LogP contribution in [0.4, 0.5) is 0 Å². The smallest absolute Gasteiger partial charge is 0.339 e. The quantitative estimate of drug-likeness (QED) is 0.767. The van der Waals surface area contributed by atoms with Crippen molar-refractivity contribution in [3.63, 3.8) is 0 Å². The maximum absolute atomic E-state index is 12.7. The number of ether oxygens (including phenoxy) is 1. The summed E-state index contributed by atoms with van der Waals surface area (Å²) in [5.41, 5.74) is 0.656. The number of hydrogen-bond acceptors (Lipinski definition) is 5. The second-order valence-corrected chi connectivity index (χ2v) is 5.39. The first-order chi connectivity index (χ1) is 10.9. The number of carboxylic acids is 1. The van der Waals surface area contributed by atoms with Gasteiger partial charge >= 0.3 is 5.97 Å². The van der Waals surface area contributed by atoms with Crippen molar-refractivity contribution in [2.75, 3.05) is 7.11 Å². The molecule has 0 saturated carbocycles. The van der Waals surface area contributed by atoms with Crippen LogP contribution in [0.1, 0.15) is 39.1 Å². The molecule has 2 aliphatic heterocycles. The Bertz CT molecular complexity index is 742. The first-order valence-electron chi connectivity index (χ1n) is 7.02. The van der Waals surface area contributed by atoms with Crippen LogP contribution >= 0.6 is 0 Å². The van der Waals surface area contributed by atoms with E-state index in [9.17, 15) is 24.3 Å². The molecule has 3 rings (SSSR count). The van der Waals surface area contributed by atoms with E-state index >= 15 is 0 Å². The van der Waals surface area contributed by atoms with Gasteiger partial charge in [0.25, 0.3) is 5.91 Å². The molecule has 2 aliphatic rings. The molecule has 120 valence electrons. The maximum atomic E-state index is 12.7. The Labute approximate surface area is 131 Å². The van der Waals surface area contributed by atoms with Crippen LogP contribution in [-0.4, -0.2) is 46.8 Å². The zero-order valence-corrected chi connectivity index (χ0v) is 12.3. The highest BCUT2D eigenvalue weighted by molar-refractivity contribution is 6.08. The summed E-state index contributed by atoms with van der Waals surface area (Å²) in [5, 5.41) is 11.4. The molecule has 1 fully saturated rings. The summed E-state index contributed by atoms with van der Waals surface area (Å²) in [4.78, 5) is 48.5. The molecule has 23 heavy (non-hydrogen) atoms. The van der Waals surface area contributed by atoms with Gasteiger partial charge in [0.2, 0.25) is 11.8 Å². The Hall–Kier alpha value is -2.90. The number of amides is 3. The lowest BCUT2D eigenvalue weighted by molar-refractivity contribution is -0.136. The van der Waals surface area contributed by atoms with Crippen molar-refractivity contribution in [3.8, 4) is 5.75 Å². The van der Waals surface area contributed by atoms with Crippen LogP contribution in [0.5, 0.6) is 5.75 Å². The average molecular weight is 318 g/mol. The van der Waals surface area contributed by atoms with Gasteiger partial charge in [0.15, 0.2) is 0 Å². The normalized spacial score (nSPS) is 20.3. The molecule has 8 nitrogen and oxygen atoms in total. The molecule has 1 saturated heterocycles. The molecule has 0 aliphatic carbocycles. The van der Waals surface area contributed by atoms with Gasteiger partial charge in [0.1, 0.15) is 17.4 Å². The lowest BCUT2D eigenvalue weighted by Gasteiger charge is -2.29. The number of hydrogen-bond donors (Lipinski definition) is 2. The highest BCUT2D eigenvalue weighted by atomic mass is 16.5. The van der Waals surface area contributed by atoms with E-state index in [2.05, 4.69) is 5.32 Å². The van der Waals surface area contributed by atoms with Crippen molar-refractivity contribution < 1.29 is 29.0 Å². The Balaban J connectivity index is 1.98. The Kier molecular flexibility index (Phi) is 3.51. The van der Waals surface area contributed by atoms with Gasteiger partial charge in [-0.3, -0.25) is 19.7 Å². The van der Waals surface area contributed by atoms with Crippen LogP contribution < -0.4 is 10.1 Å². The monoisotopic (exact) mass is 318 g/mol. The topological polar surface area (TPSA) is 113 Å². The van der Waals surface area contributed by atoms with E-state index in [1.54, 1.807) is 6.07 Å². The molecule has 2 N–H and O–H groups in total. The molecule has 1 aromatic carbocycles. The Morgan fingerprint density at radius 2 is 2.09 bits per heavy atom. The first-order valence-corrected chi connectivity index (χ1v) is 7.02. The predicted molar refractivity (Wildman–Crippen MR) is 76.0 cm³/mol. The molecule has 0 radical (unpaired) electrons. The molecule has 1 aromatic rings. The summed E-state index contributed by atoms with van der Waals surface area (Å²) < 4.78 is 5.12. The van der Waals surface area contributed by atoms with E-state index in [0.29, 0.717) is 5.56 Å². The van der Waals surface area contributed by atoms with Gasteiger partial charge in [0.05, 0.1) is 12.7 Å². The number of carboxylic acid groups (broad SMARTS) is 1. The van der Waals surface area contributed by atoms with E-state index in [-0.39, 0.29) is 42.2 Å². The Morgan fingerprint density at radius 3 is 2.70 bits per heavy atom. The van der Waals surface area contributed by atoms with E-state index in [0.717, 1.165) is 0 Å². The van der Waals surface area contributed by atoms with E-state index in [1.807, 2.05) is 0 Å². The van der Waals surface area contributed by atoms with Gasteiger partial charge in [-0.25, -0.2) is 4.79 Å². The minimum absolute atomic E-state index is 0.00482. The number of rotatable bonds is 3. The second kappa shape index (κ2) is 5.38. The number of carbonyl (C=O) groups excluding carboxylic acids is 3. The fourth-order valence-electron chi connectivity index (χ4n) is 3.00. The van der Waals surface area contributed by atoms with Crippen LogP contribution in [0.15, 0.2) is 12.1 Å². The molecule has 3 amide bonds. The summed E-state index contributed by atoms with van der Waals surface area (Å²) in [6.45, 7) is 0.177. The summed E-state index contributed by atoms with van der Waals surface area (Å²) in [7, 11) is 1.30. The largest absolute Gasteiger partial charge is 0.495 e. The third-order valence-electron chi connectivity index (χ3n) is 4.08. The molecule has 0 bridgehead atoms. The number of imide groups is 1. The van der Waals surface area contributed by atoms with E-state index < -0.39 is 23.8 Å². The molecule has 1 unspecified atom stereocenters. The molecular weight excluding hydrogens is 304 g/mol. The van der Waals surface area contributed by atoms with Gasteiger partial charge in [-0.05, 0) is 18.1 Å². The summed E-state index contributed by atoms with van der Waals surface area (Å²) >= 11 is 0. The third-order valence-corrected chi connectivity index (χ3v) is 4.08. The van der Waals surface area contributed by atoms with E-state index in [4.69, 9.17) is 4.74 Å². The average Bonchev–Trinajstić information content (AvgIpc) is 2.83. The predicted octanol–water partition coefficient (Wildman–Crippen LogP) is 0.154. The third kappa shape index (κ3) is 2.32. The fourth-order valence-corrected chi connectivity index (χ4v) is 3.00. The van der Waals surface area contributed by atoms with Gasteiger partial charge in [-0.15, -0.1) is 0 Å². The van der Waals surface area contributed by atoms with Gasteiger partial charge in [-0.2, -0.15) is 0 Å². The number of nitrogens with zero attached hydrogens (tertiary/aromatic N) is 1. The number of benzene rings is 1. The minimum atomic E-state index is -1.20. The van der Waals surface area contributed by atoms with Crippen LogP contribution in [0.2, 0.25) is 0 Å². The SMILES string of the molecule is COc1c(C(=O)O)ccc2c1C(=O)N(C1CCC(=O)NC1=O)C2. The minimum Gasteiger partial charge on any atom is -0.495 e. The summed E-state index contributed by atoms with van der Waals surface area (Å²) in [5.74, 6) is -2.54. The lowest BCUT2D eigenvalue weighted by atomic mass is 10.0. The summed E-state index contributed by atoms with van der Waals surface area (Å²) in [6, 6.07) is 2.18. The fraction of sp³-hybridized carbons (Fsp3) is 0.333. The molecule has 8 heteroatoms. The van der Waals surface area contributed by atoms with Crippen LogP contribution in [-0.2, 0) is 16.1 Å². The van der Waals surface area contributed by atoms with Crippen molar-refractivity contribution in [1.82, 2.24) is 10.2 Å². The van der Waals surface area contributed by atoms with Crippen molar-refractivity contribution in [2.24, 2.45) is 0 Å². The van der Waals surface area contributed by atoms with Crippen molar-refractivity contribution in [2.45, 2.75) is 25.4 Å². The van der Waals surface area contributed by atoms with Crippen molar-refractivity contribution >= 4 is 23.7 Å². The number of nitrogens with one attached hydrogen (secondary N) is 1. The standard InChI is InChI=1S/C15H14N2O6/c1-23-12-8(15(21)22)3-2-7-6-17(14(20)11(7)12)9-4-5-10(18)16-13(9)19/h2-3,9H,4-6H2,1H3,(H,21,22)(H,16,18,19). The maximum Gasteiger partial charge on any atom is 0.339 e. The lowest BCUT2D eigenvalue weighted by Crippen LogP contribution is -2.52. The number of fused-ring (bicyclic) bond motifs is 1. The van der Waals surface area contributed by atoms with Gasteiger partial charge in [-0.1, -0.05) is 6.07 Å². The first kappa shape index (κ1) is 15.0. The molecule has 1 atom stereocenters. The number of carbonyl (C=O) groups is 4. The second-order valence-electron chi connectivity index (χ2n) is 5.39. The zero-order valence-electron chi connectivity index (χ0n) is 12.3. The molecular formula is C15H14N2O6. The highest BCUT2D eigenvalue weighted by Crippen LogP contribution is 2.35. The number of methoxy groups -OCH3 is 1. The molecule has 0 aromatic heterocycles. The Morgan fingerprint density at radius 1 is 1.35 bits per heavy atom. The van der Waals surface area contributed by atoms with Gasteiger partial charge in [0, 0.05) is 13.0 Å². The molecule has 2 heterocycles. The zero-order chi connectivity index (χ0) is 16.7. The summed E-state index contributed by atoms with van der Waals surface area (Å²) in [6.07, 6.45) is 0.409. The number of aromatic carboxylic acids is 1. The van der Waals surface area contributed by atoms with Crippen LogP contribution in [0, 0.1) is 0 Å². The van der Waals surface area contributed by atoms with Gasteiger partial charge < -0.3 is 14.7 Å². The molecule has 0 spiro atoms. The van der Waals surface area contributed by atoms with Crippen molar-refractivity contribution in [1.29, 1.82) is 0 Å².